The Morgan fingerprint density at radius 3 is 2.50 bits per heavy atom. The van der Waals surface area contributed by atoms with E-state index in [1.54, 1.807) is 37.3 Å². The second-order valence-electron chi connectivity index (χ2n) is 4.91. The summed E-state index contributed by atoms with van der Waals surface area (Å²) < 4.78 is 11.0. The minimum Gasteiger partial charge on any atom is -0.495 e. The van der Waals surface area contributed by atoms with Crippen molar-refractivity contribution in [1.82, 2.24) is 0 Å². The molecule has 1 saturated heterocycles. The largest absolute Gasteiger partial charge is 0.495 e. The highest BCUT2D eigenvalue weighted by atomic mass is 16.7. The van der Waals surface area contributed by atoms with Crippen LogP contribution in [-0.2, 0) is 9.47 Å². The van der Waals surface area contributed by atoms with Gasteiger partial charge in [-0.3, -0.25) is 9.59 Å². The number of carbonyl (C=O) groups is 2. The molecule has 1 fully saturated rings. The Morgan fingerprint density at radius 1 is 1.11 bits per heavy atom. The van der Waals surface area contributed by atoms with Crippen LogP contribution in [0.3, 0.4) is 0 Å². The first-order chi connectivity index (χ1) is 8.61. The molecule has 1 aromatic carbocycles. The molecule has 0 N–H and O–H groups in total. The van der Waals surface area contributed by atoms with Gasteiger partial charge in [0.15, 0.2) is 5.60 Å². The van der Waals surface area contributed by atoms with Gasteiger partial charge in [-0.05, 0) is 13.0 Å². The van der Waals surface area contributed by atoms with Crippen LogP contribution in [-0.4, -0.2) is 29.4 Å². The summed E-state index contributed by atoms with van der Waals surface area (Å²) in [5, 5.41) is 0. The molecule has 0 spiro atoms. The maximum atomic E-state index is 12.5. The molecule has 2 heterocycles. The third-order valence-corrected chi connectivity index (χ3v) is 3.92. The number of benzene rings is 1. The monoisotopic (exact) mass is 242 g/mol. The number of hydrogen-bond donors (Lipinski definition) is 0. The number of hydrogen-bond acceptors (Lipinski definition) is 4. The summed E-state index contributed by atoms with van der Waals surface area (Å²) in [6.45, 7) is 1.88. The van der Waals surface area contributed by atoms with E-state index in [2.05, 4.69) is 0 Å². The smallest absolute Gasteiger partial charge is 0.206 e. The van der Waals surface area contributed by atoms with Crippen molar-refractivity contribution in [2.75, 3.05) is 6.61 Å². The average Bonchev–Trinajstić information content (AvgIpc) is 3.07. The molecule has 3 aliphatic rings. The average molecular weight is 242 g/mol. The number of rotatable bonds is 0. The van der Waals surface area contributed by atoms with E-state index in [0.29, 0.717) is 16.9 Å². The van der Waals surface area contributed by atoms with Crippen LogP contribution in [0.2, 0.25) is 0 Å². The van der Waals surface area contributed by atoms with E-state index >= 15 is 0 Å². The van der Waals surface area contributed by atoms with Gasteiger partial charge in [0.25, 0.3) is 0 Å². The van der Waals surface area contributed by atoms with E-state index in [1.807, 2.05) is 0 Å². The Kier molecular flexibility index (Phi) is 1.52. The van der Waals surface area contributed by atoms with Gasteiger partial charge in [-0.1, -0.05) is 24.3 Å². The number of carbonyl (C=O) groups excluding carboxylic acids is 2. The second-order valence-corrected chi connectivity index (χ2v) is 4.91. The molecule has 0 radical (unpaired) electrons. The summed E-state index contributed by atoms with van der Waals surface area (Å²) in [5.74, 6) is 0.338. The van der Waals surface area contributed by atoms with Crippen molar-refractivity contribution in [3.63, 3.8) is 0 Å². The van der Waals surface area contributed by atoms with Gasteiger partial charge >= 0.3 is 0 Å². The number of ether oxygens (including phenoxy) is 2. The van der Waals surface area contributed by atoms with Crippen molar-refractivity contribution < 1.29 is 19.1 Å². The predicted molar refractivity (Wildman–Crippen MR) is 61.4 cm³/mol. The van der Waals surface area contributed by atoms with Crippen molar-refractivity contribution in [2.45, 2.75) is 18.1 Å². The van der Waals surface area contributed by atoms with E-state index in [4.69, 9.17) is 9.47 Å². The van der Waals surface area contributed by atoms with Crippen molar-refractivity contribution in [3.05, 3.63) is 47.2 Å². The van der Waals surface area contributed by atoms with Crippen molar-refractivity contribution in [1.29, 1.82) is 0 Å². The Balaban J connectivity index is 2.01. The second kappa shape index (κ2) is 2.72. The van der Waals surface area contributed by atoms with E-state index in [-0.39, 0.29) is 18.2 Å². The predicted octanol–water partition coefficient (Wildman–Crippen LogP) is 1.51. The quantitative estimate of drug-likeness (QED) is 0.647. The number of allylic oxidation sites excluding steroid dienone is 1. The fourth-order valence-corrected chi connectivity index (χ4v) is 2.95. The zero-order valence-electron chi connectivity index (χ0n) is 9.73. The zero-order chi connectivity index (χ0) is 12.5. The topological polar surface area (TPSA) is 55.9 Å². The van der Waals surface area contributed by atoms with Gasteiger partial charge in [0.2, 0.25) is 17.2 Å². The summed E-state index contributed by atoms with van der Waals surface area (Å²) in [4.78, 5) is 25.0. The third-order valence-electron chi connectivity index (χ3n) is 3.92. The van der Waals surface area contributed by atoms with Gasteiger partial charge in [-0.2, -0.15) is 0 Å². The van der Waals surface area contributed by atoms with E-state index < -0.39 is 11.2 Å². The fraction of sp³-hybridized carbons (Fsp3) is 0.286. The highest BCUT2D eigenvalue weighted by Crippen LogP contribution is 2.58. The maximum absolute atomic E-state index is 12.5. The Bertz CT molecular complexity index is 645. The lowest BCUT2D eigenvalue weighted by Crippen LogP contribution is -2.48. The van der Waals surface area contributed by atoms with Crippen LogP contribution in [0.15, 0.2) is 36.1 Å². The lowest BCUT2D eigenvalue weighted by Gasteiger charge is -2.26. The molecule has 18 heavy (non-hydrogen) atoms. The first kappa shape index (κ1) is 10.0. The molecule has 2 aliphatic heterocycles. The van der Waals surface area contributed by atoms with Gasteiger partial charge < -0.3 is 9.47 Å². The molecule has 0 unspecified atom stereocenters. The molecule has 1 aliphatic carbocycles. The summed E-state index contributed by atoms with van der Waals surface area (Å²) in [5.41, 5.74) is -1.34. The highest BCUT2D eigenvalue weighted by molar-refractivity contribution is 6.26. The van der Waals surface area contributed by atoms with Crippen molar-refractivity contribution in [3.8, 4) is 0 Å². The van der Waals surface area contributed by atoms with Gasteiger partial charge in [0.05, 0.1) is 5.76 Å². The van der Waals surface area contributed by atoms with E-state index in [9.17, 15) is 9.59 Å². The van der Waals surface area contributed by atoms with Crippen LogP contribution in [0.1, 0.15) is 27.6 Å². The number of fused-ring (bicyclic) bond motifs is 1. The SMILES string of the molecule is CC1=C[C@@]23O[C@]2(CO1)C(=O)c1ccccc1C3=O. The van der Waals surface area contributed by atoms with Crippen LogP contribution in [0.25, 0.3) is 0 Å². The number of Topliss-reactive ketones (excluding diaryl/α,β-unsaturated/α-hetero) is 2. The van der Waals surface area contributed by atoms with Gasteiger partial charge in [-0.15, -0.1) is 0 Å². The summed E-state index contributed by atoms with van der Waals surface area (Å²) >= 11 is 0. The maximum Gasteiger partial charge on any atom is 0.206 e. The normalized spacial score (nSPS) is 35.9. The van der Waals surface area contributed by atoms with Crippen LogP contribution >= 0.6 is 0 Å². The molecule has 4 nitrogen and oxygen atoms in total. The van der Waals surface area contributed by atoms with E-state index in [0.717, 1.165) is 0 Å². The van der Waals surface area contributed by atoms with Gasteiger partial charge in [0.1, 0.15) is 6.61 Å². The minimum atomic E-state index is -1.11. The third kappa shape index (κ3) is 0.852. The van der Waals surface area contributed by atoms with E-state index in [1.165, 1.54) is 0 Å². The van der Waals surface area contributed by atoms with Crippen molar-refractivity contribution in [2.24, 2.45) is 0 Å². The molecule has 0 bridgehead atoms. The summed E-state index contributed by atoms with van der Waals surface area (Å²) in [6, 6.07) is 6.85. The first-order valence-corrected chi connectivity index (χ1v) is 5.82. The molecule has 4 rings (SSSR count). The number of ketones is 2. The standard InChI is InChI=1S/C14H10O4/c1-8-6-13-11(15)9-4-2-3-5-10(9)12(16)14(13,18-13)7-17-8/h2-6H,7H2,1H3/t13-,14+/m0/s1. The molecular formula is C14H10O4. The van der Waals surface area contributed by atoms with Crippen LogP contribution in [0, 0.1) is 0 Å². The minimum absolute atomic E-state index is 0.119. The van der Waals surface area contributed by atoms with Crippen LogP contribution in [0.4, 0.5) is 0 Å². The zero-order valence-corrected chi connectivity index (χ0v) is 9.73. The molecular weight excluding hydrogens is 232 g/mol. The molecule has 90 valence electrons. The van der Waals surface area contributed by atoms with Gasteiger partial charge in [-0.25, -0.2) is 0 Å². The molecule has 0 amide bonds. The Labute approximate surface area is 103 Å². The molecule has 0 saturated carbocycles. The lowest BCUT2D eigenvalue weighted by atomic mass is 9.73. The fourth-order valence-electron chi connectivity index (χ4n) is 2.95. The number of epoxide rings is 1. The molecule has 1 aromatic rings. The Morgan fingerprint density at radius 2 is 1.78 bits per heavy atom. The molecule has 0 aromatic heterocycles. The first-order valence-electron chi connectivity index (χ1n) is 5.82. The van der Waals surface area contributed by atoms with Crippen LogP contribution < -0.4 is 0 Å². The Hall–Kier alpha value is -1.94. The summed E-state index contributed by atoms with van der Waals surface area (Å²) in [7, 11) is 0. The van der Waals surface area contributed by atoms with Crippen molar-refractivity contribution >= 4 is 11.6 Å². The highest BCUT2D eigenvalue weighted by Gasteiger charge is 2.81. The van der Waals surface area contributed by atoms with Crippen LogP contribution in [0.5, 0.6) is 0 Å². The van der Waals surface area contributed by atoms with Gasteiger partial charge in [0, 0.05) is 11.1 Å². The molecule has 4 heteroatoms. The summed E-state index contributed by atoms with van der Waals surface area (Å²) in [6.07, 6.45) is 1.63. The molecule has 2 atom stereocenters. The lowest BCUT2D eigenvalue weighted by molar-refractivity contribution is 0.0712.